The van der Waals surface area contributed by atoms with Crippen molar-refractivity contribution in [2.24, 2.45) is 4.40 Å². The molecule has 0 bridgehead atoms. The van der Waals surface area contributed by atoms with Crippen molar-refractivity contribution >= 4 is 33.4 Å². The smallest absolute Gasteiger partial charge is 0.259 e. The molecule has 142 valence electrons. The first kappa shape index (κ1) is 18.8. The molecule has 0 radical (unpaired) electrons. The number of benzene rings is 1. The molecule has 2 heterocycles. The van der Waals surface area contributed by atoms with Crippen LogP contribution in [0.1, 0.15) is 23.7 Å². The van der Waals surface area contributed by atoms with Gasteiger partial charge in [0.25, 0.3) is 21.8 Å². The number of nitrogens with one attached hydrogen (secondary N) is 2. The van der Waals surface area contributed by atoms with Crippen molar-refractivity contribution in [1.82, 2.24) is 10.2 Å². The second-order valence-corrected chi connectivity index (χ2v) is 7.86. The fraction of sp³-hybridized carbons (Fsp3) is 0.278. The van der Waals surface area contributed by atoms with Crippen molar-refractivity contribution < 1.29 is 18.0 Å². The van der Waals surface area contributed by atoms with Gasteiger partial charge in [0.15, 0.2) is 5.84 Å². The van der Waals surface area contributed by atoms with Gasteiger partial charge in [0.05, 0.1) is 11.3 Å². The van der Waals surface area contributed by atoms with Gasteiger partial charge in [-0.3, -0.25) is 9.59 Å². The average molecular weight is 388 g/mol. The Morgan fingerprint density at radius 3 is 2.85 bits per heavy atom. The molecule has 0 fully saturated rings. The second-order valence-electron chi connectivity index (χ2n) is 6.11. The number of nitrogens with zero attached hydrogens (tertiary/aromatic N) is 2. The summed E-state index contributed by atoms with van der Waals surface area (Å²) >= 11 is 0. The number of rotatable bonds is 5. The van der Waals surface area contributed by atoms with E-state index in [1.807, 2.05) is 6.92 Å². The number of carbonyl (C=O) groups is 2. The van der Waals surface area contributed by atoms with E-state index in [4.69, 9.17) is 0 Å². The highest BCUT2D eigenvalue weighted by atomic mass is 32.2. The van der Waals surface area contributed by atoms with Gasteiger partial charge in [-0.15, -0.1) is 4.40 Å². The van der Waals surface area contributed by atoms with Crippen LogP contribution in [0.15, 0.2) is 52.6 Å². The molecule has 9 heteroatoms. The lowest BCUT2D eigenvalue weighted by Gasteiger charge is -2.28. The Labute approximate surface area is 157 Å². The number of hydrogen-bond donors (Lipinski definition) is 2. The molecule has 1 aromatic rings. The van der Waals surface area contributed by atoms with E-state index in [9.17, 15) is 18.0 Å². The molecule has 8 nitrogen and oxygen atoms in total. The van der Waals surface area contributed by atoms with Gasteiger partial charge in [-0.05, 0) is 36.8 Å². The first-order valence-electron chi connectivity index (χ1n) is 8.57. The van der Waals surface area contributed by atoms with Crippen LogP contribution in [-0.2, 0) is 14.8 Å². The van der Waals surface area contributed by atoms with Gasteiger partial charge < -0.3 is 15.5 Å². The third kappa shape index (κ3) is 4.43. The van der Waals surface area contributed by atoms with Gasteiger partial charge in [0, 0.05) is 30.5 Å². The van der Waals surface area contributed by atoms with Crippen LogP contribution in [0.2, 0.25) is 0 Å². The summed E-state index contributed by atoms with van der Waals surface area (Å²) in [4.78, 5) is 26.4. The van der Waals surface area contributed by atoms with Crippen LogP contribution in [0.5, 0.6) is 0 Å². The van der Waals surface area contributed by atoms with E-state index in [0.29, 0.717) is 17.8 Å². The molecule has 2 N–H and O–H groups in total. The fourth-order valence-electron chi connectivity index (χ4n) is 2.67. The van der Waals surface area contributed by atoms with Crippen LogP contribution >= 0.6 is 0 Å². The van der Waals surface area contributed by atoms with Gasteiger partial charge in [0.2, 0.25) is 0 Å². The summed E-state index contributed by atoms with van der Waals surface area (Å²) in [6.07, 6.45) is 5.69. The normalized spacial score (nSPS) is 17.4. The lowest BCUT2D eigenvalue weighted by molar-refractivity contribution is -0.112. The largest absolute Gasteiger partial charge is 0.352 e. The third-order valence-electron chi connectivity index (χ3n) is 4.02. The van der Waals surface area contributed by atoms with E-state index in [-0.39, 0.29) is 29.6 Å². The van der Waals surface area contributed by atoms with Crippen molar-refractivity contribution in [2.45, 2.75) is 13.3 Å². The van der Waals surface area contributed by atoms with Crippen LogP contribution in [0, 0.1) is 0 Å². The van der Waals surface area contributed by atoms with Crippen LogP contribution in [0.4, 0.5) is 5.69 Å². The van der Waals surface area contributed by atoms with Gasteiger partial charge in [0.1, 0.15) is 0 Å². The Morgan fingerprint density at radius 2 is 2.07 bits per heavy atom. The first-order valence-corrected chi connectivity index (χ1v) is 10.2. The molecular formula is C18H20N4O4S. The number of fused-ring (bicyclic) bond motifs is 1. The molecule has 2 aliphatic rings. The average Bonchev–Trinajstić information content (AvgIpc) is 2.65. The van der Waals surface area contributed by atoms with E-state index in [1.54, 1.807) is 41.4 Å². The highest BCUT2D eigenvalue weighted by Gasteiger charge is 2.30. The van der Waals surface area contributed by atoms with Gasteiger partial charge >= 0.3 is 0 Å². The maximum absolute atomic E-state index is 12.7. The van der Waals surface area contributed by atoms with E-state index in [0.717, 1.165) is 6.42 Å². The van der Waals surface area contributed by atoms with Crippen molar-refractivity contribution in [3.8, 4) is 0 Å². The minimum Gasteiger partial charge on any atom is -0.352 e. The summed E-state index contributed by atoms with van der Waals surface area (Å²) in [5.74, 6) is -0.698. The highest BCUT2D eigenvalue weighted by molar-refractivity contribution is 7.90. The minimum atomic E-state index is -3.58. The van der Waals surface area contributed by atoms with E-state index in [1.165, 1.54) is 6.08 Å². The standard InChI is InChI=1S/C18H20N4O4S/c1-2-8-19-17(23)13-5-3-6-14(12-13)20-18(24)15-7-4-9-22-10-11-27(25,26)21-16(15)22/h3-7,9,12H,2,8,10-11H2,1H3,(H,19,23)(H,20,24). The summed E-state index contributed by atoms with van der Waals surface area (Å²) in [6, 6.07) is 6.55. The molecular weight excluding hydrogens is 368 g/mol. The summed E-state index contributed by atoms with van der Waals surface area (Å²) < 4.78 is 27.3. The maximum atomic E-state index is 12.7. The number of amides is 2. The number of allylic oxidation sites excluding steroid dienone is 2. The Hall–Kier alpha value is -2.94. The lowest BCUT2D eigenvalue weighted by Crippen LogP contribution is -2.40. The van der Waals surface area contributed by atoms with Gasteiger partial charge in [-0.1, -0.05) is 13.0 Å². The summed E-state index contributed by atoms with van der Waals surface area (Å²) in [7, 11) is -3.58. The van der Waals surface area contributed by atoms with Gasteiger partial charge in [-0.25, -0.2) is 8.42 Å². The molecule has 1 aromatic carbocycles. The lowest BCUT2D eigenvalue weighted by atomic mass is 10.1. The molecule has 2 aliphatic heterocycles. The fourth-order valence-corrected chi connectivity index (χ4v) is 3.66. The molecule has 0 saturated carbocycles. The Balaban J connectivity index is 1.79. The van der Waals surface area contributed by atoms with Crippen LogP contribution in [0.25, 0.3) is 0 Å². The third-order valence-corrected chi connectivity index (χ3v) is 5.17. The van der Waals surface area contributed by atoms with E-state index in [2.05, 4.69) is 15.0 Å². The molecule has 0 unspecified atom stereocenters. The number of anilines is 1. The summed E-state index contributed by atoms with van der Waals surface area (Å²) in [5.41, 5.74) is 1.02. The van der Waals surface area contributed by atoms with Gasteiger partial charge in [-0.2, -0.15) is 0 Å². The minimum absolute atomic E-state index is 0.0926. The zero-order valence-corrected chi connectivity index (χ0v) is 15.6. The number of carbonyl (C=O) groups excluding carboxylic acids is 2. The van der Waals surface area contributed by atoms with Crippen molar-refractivity contribution in [3.05, 3.63) is 53.8 Å². The number of amidine groups is 1. The zero-order chi connectivity index (χ0) is 19.4. The molecule has 2 amide bonds. The van der Waals surface area contributed by atoms with Crippen LogP contribution in [0.3, 0.4) is 0 Å². The summed E-state index contributed by atoms with van der Waals surface area (Å²) in [6.45, 7) is 2.77. The predicted molar refractivity (Wildman–Crippen MR) is 103 cm³/mol. The van der Waals surface area contributed by atoms with Crippen molar-refractivity contribution in [3.63, 3.8) is 0 Å². The molecule has 0 saturated heterocycles. The highest BCUT2D eigenvalue weighted by Crippen LogP contribution is 2.20. The number of sulfonamides is 1. The first-order chi connectivity index (χ1) is 12.9. The second kappa shape index (κ2) is 7.75. The molecule has 3 rings (SSSR count). The SMILES string of the molecule is CCCNC(=O)c1cccc(NC(=O)C2=CC=CN3CCS(=O)(=O)N=C23)c1. The Kier molecular flexibility index (Phi) is 5.41. The van der Waals surface area contributed by atoms with Crippen molar-refractivity contribution in [1.29, 1.82) is 0 Å². The quantitative estimate of drug-likeness (QED) is 0.790. The number of hydrogen-bond acceptors (Lipinski definition) is 5. The molecule has 27 heavy (non-hydrogen) atoms. The Morgan fingerprint density at radius 1 is 1.26 bits per heavy atom. The molecule has 0 aromatic heterocycles. The van der Waals surface area contributed by atoms with E-state index >= 15 is 0 Å². The Bertz CT molecular complexity index is 963. The summed E-state index contributed by atoms with van der Waals surface area (Å²) in [5, 5.41) is 5.47. The maximum Gasteiger partial charge on any atom is 0.259 e. The van der Waals surface area contributed by atoms with E-state index < -0.39 is 15.9 Å². The van der Waals surface area contributed by atoms with Crippen LogP contribution < -0.4 is 10.6 Å². The zero-order valence-electron chi connectivity index (χ0n) is 14.8. The van der Waals surface area contributed by atoms with Crippen molar-refractivity contribution in [2.75, 3.05) is 24.2 Å². The molecule has 0 aliphatic carbocycles. The predicted octanol–water partition coefficient (Wildman–Crippen LogP) is 1.26. The van der Waals surface area contributed by atoms with Crippen LogP contribution in [-0.4, -0.2) is 49.8 Å². The monoisotopic (exact) mass is 388 g/mol. The molecule has 0 spiro atoms. The topological polar surface area (TPSA) is 108 Å². The molecule has 0 atom stereocenters.